The van der Waals surface area contributed by atoms with Crippen LogP contribution in [0.5, 0.6) is 5.75 Å². The van der Waals surface area contributed by atoms with E-state index in [0.29, 0.717) is 11.5 Å². The van der Waals surface area contributed by atoms with E-state index < -0.39 is 6.10 Å². The van der Waals surface area contributed by atoms with Crippen LogP contribution in [0.15, 0.2) is 35.4 Å². The molecule has 126 valence electrons. The Bertz CT molecular complexity index is 909. The van der Waals surface area contributed by atoms with Gasteiger partial charge in [0.15, 0.2) is 0 Å². The van der Waals surface area contributed by atoms with E-state index in [1.807, 2.05) is 26.0 Å². The summed E-state index contributed by atoms with van der Waals surface area (Å²) in [4.78, 5) is 15.9. The van der Waals surface area contributed by atoms with Gasteiger partial charge < -0.3 is 14.4 Å². The second-order valence-corrected chi connectivity index (χ2v) is 5.99. The highest BCUT2D eigenvalue weighted by molar-refractivity contribution is 5.33. The summed E-state index contributed by atoms with van der Waals surface area (Å²) < 4.78 is 8.66. The second kappa shape index (κ2) is 6.45. The number of benzene rings is 1. The predicted octanol–water partition coefficient (Wildman–Crippen LogP) is 1.26. The molecule has 0 fully saturated rings. The summed E-state index contributed by atoms with van der Waals surface area (Å²) in [5.41, 5.74) is 2.70. The fourth-order valence-electron chi connectivity index (χ4n) is 2.75. The first kappa shape index (κ1) is 16.2. The molecular formula is C17H20N4O3. The average Bonchev–Trinajstić information content (AvgIpc) is 2.98. The van der Waals surface area contributed by atoms with E-state index in [2.05, 4.69) is 16.1 Å². The third-order valence-corrected chi connectivity index (χ3v) is 3.77. The molecule has 0 aliphatic carbocycles. The highest BCUT2D eigenvalue weighted by Crippen LogP contribution is 2.16. The highest BCUT2D eigenvalue weighted by atomic mass is 16.5. The monoisotopic (exact) mass is 328 g/mol. The van der Waals surface area contributed by atoms with Crippen molar-refractivity contribution >= 4 is 5.78 Å². The van der Waals surface area contributed by atoms with Gasteiger partial charge in [-0.25, -0.2) is 0 Å². The van der Waals surface area contributed by atoms with Gasteiger partial charge in [-0.05, 0) is 44.0 Å². The van der Waals surface area contributed by atoms with Crippen molar-refractivity contribution in [1.29, 1.82) is 0 Å². The van der Waals surface area contributed by atoms with Crippen molar-refractivity contribution < 1.29 is 9.84 Å². The van der Waals surface area contributed by atoms with Crippen molar-refractivity contribution in [3.8, 4) is 5.75 Å². The zero-order chi connectivity index (χ0) is 17.3. The number of nitrogens with zero attached hydrogens (tertiary/aromatic N) is 4. The highest BCUT2D eigenvalue weighted by Gasteiger charge is 2.13. The lowest BCUT2D eigenvalue weighted by molar-refractivity contribution is 0.0924. The van der Waals surface area contributed by atoms with Gasteiger partial charge in [0.25, 0.3) is 5.56 Å². The first-order chi connectivity index (χ1) is 11.4. The Morgan fingerprint density at radius 1 is 1.17 bits per heavy atom. The largest absolute Gasteiger partial charge is 0.491 e. The molecule has 0 aliphatic heterocycles. The van der Waals surface area contributed by atoms with E-state index in [-0.39, 0.29) is 18.7 Å². The molecule has 1 N–H and O–H groups in total. The van der Waals surface area contributed by atoms with Crippen LogP contribution in [0.3, 0.4) is 0 Å². The van der Waals surface area contributed by atoms with Gasteiger partial charge in [-0.2, -0.15) is 14.6 Å². The van der Waals surface area contributed by atoms with E-state index in [1.165, 1.54) is 16.9 Å². The Morgan fingerprint density at radius 3 is 2.58 bits per heavy atom. The lowest BCUT2D eigenvalue weighted by Gasteiger charge is -2.17. The van der Waals surface area contributed by atoms with Crippen molar-refractivity contribution in [2.75, 3.05) is 6.61 Å². The zero-order valence-electron chi connectivity index (χ0n) is 13.9. The molecule has 3 aromatic rings. The van der Waals surface area contributed by atoms with Crippen molar-refractivity contribution in [1.82, 2.24) is 19.2 Å². The second-order valence-electron chi connectivity index (χ2n) is 5.99. The minimum absolute atomic E-state index is 0.148. The molecule has 7 nitrogen and oxygen atoms in total. The third-order valence-electron chi connectivity index (χ3n) is 3.77. The molecule has 0 radical (unpaired) electrons. The van der Waals surface area contributed by atoms with Gasteiger partial charge in [0.2, 0.25) is 5.78 Å². The average molecular weight is 328 g/mol. The van der Waals surface area contributed by atoms with Gasteiger partial charge in [0, 0.05) is 11.8 Å². The number of rotatable bonds is 5. The third kappa shape index (κ3) is 3.30. The number of hydrogen-bond acceptors (Lipinski definition) is 5. The minimum atomic E-state index is -0.743. The standard InChI is InChI=1S/C17H20N4O3/c1-11-4-12(2)6-15(5-11)24-9-14(22)8-20-13(3)7-16(23)21-17(20)18-10-19-21/h4-7,10,14,22H,8-9H2,1-3H3/t14-/m1/s1. The van der Waals surface area contributed by atoms with E-state index in [4.69, 9.17) is 4.74 Å². The van der Waals surface area contributed by atoms with Gasteiger partial charge in [0.05, 0.1) is 6.54 Å². The van der Waals surface area contributed by atoms with E-state index in [0.717, 1.165) is 16.9 Å². The summed E-state index contributed by atoms with van der Waals surface area (Å²) in [6.45, 7) is 6.21. The summed E-state index contributed by atoms with van der Waals surface area (Å²) >= 11 is 0. The minimum Gasteiger partial charge on any atom is -0.491 e. The summed E-state index contributed by atoms with van der Waals surface area (Å²) in [5, 5.41) is 14.2. The molecule has 0 unspecified atom stereocenters. The molecule has 7 heteroatoms. The number of aryl methyl sites for hydroxylation is 3. The van der Waals surface area contributed by atoms with Crippen LogP contribution in [0.4, 0.5) is 0 Å². The van der Waals surface area contributed by atoms with Gasteiger partial charge >= 0.3 is 0 Å². The van der Waals surface area contributed by atoms with Crippen LogP contribution >= 0.6 is 0 Å². The number of aliphatic hydroxyl groups excluding tert-OH is 1. The Hall–Kier alpha value is -2.67. The Labute approximate surface area is 139 Å². The summed E-state index contributed by atoms with van der Waals surface area (Å²) in [6, 6.07) is 7.40. The molecule has 0 amide bonds. The van der Waals surface area contributed by atoms with Crippen LogP contribution in [0.25, 0.3) is 5.78 Å². The lowest BCUT2D eigenvalue weighted by atomic mass is 10.1. The molecule has 0 spiro atoms. The molecular weight excluding hydrogens is 308 g/mol. The SMILES string of the molecule is Cc1cc(C)cc(OC[C@H](O)Cn2c(C)cc(=O)n3ncnc23)c1. The maximum atomic E-state index is 11.8. The lowest BCUT2D eigenvalue weighted by Crippen LogP contribution is -2.28. The molecule has 3 rings (SSSR count). The molecule has 0 bridgehead atoms. The van der Waals surface area contributed by atoms with Crippen LogP contribution in [-0.4, -0.2) is 37.0 Å². The number of ether oxygens (including phenoxy) is 1. The normalized spacial score (nSPS) is 12.5. The van der Waals surface area contributed by atoms with Gasteiger partial charge in [-0.1, -0.05) is 6.07 Å². The summed E-state index contributed by atoms with van der Waals surface area (Å²) in [6.07, 6.45) is 0.581. The van der Waals surface area contributed by atoms with Gasteiger partial charge in [-0.3, -0.25) is 4.79 Å². The number of aromatic nitrogens is 4. The summed E-state index contributed by atoms with van der Waals surface area (Å²) in [5.74, 6) is 1.14. The van der Waals surface area contributed by atoms with Crippen molar-refractivity contribution in [2.45, 2.75) is 33.4 Å². The molecule has 1 aromatic carbocycles. The van der Waals surface area contributed by atoms with Gasteiger partial charge in [0.1, 0.15) is 24.8 Å². The Morgan fingerprint density at radius 2 is 1.88 bits per heavy atom. The Kier molecular flexibility index (Phi) is 4.35. The molecule has 1 atom stereocenters. The number of hydrogen-bond donors (Lipinski definition) is 1. The Balaban J connectivity index is 1.74. The molecule has 0 saturated carbocycles. The van der Waals surface area contributed by atoms with Crippen LogP contribution in [0.2, 0.25) is 0 Å². The molecule has 24 heavy (non-hydrogen) atoms. The number of fused-ring (bicyclic) bond motifs is 1. The van der Waals surface area contributed by atoms with E-state index in [9.17, 15) is 9.90 Å². The predicted molar refractivity (Wildman–Crippen MR) is 89.4 cm³/mol. The molecule has 0 saturated heterocycles. The molecule has 2 heterocycles. The van der Waals surface area contributed by atoms with E-state index >= 15 is 0 Å². The van der Waals surface area contributed by atoms with Gasteiger partial charge in [-0.15, -0.1) is 0 Å². The first-order valence-corrected chi connectivity index (χ1v) is 7.73. The fraction of sp³-hybridized carbons (Fsp3) is 0.353. The molecule has 0 aliphatic rings. The quantitative estimate of drug-likeness (QED) is 0.762. The van der Waals surface area contributed by atoms with Crippen molar-refractivity contribution in [3.05, 3.63) is 57.8 Å². The van der Waals surface area contributed by atoms with Crippen LogP contribution in [-0.2, 0) is 6.54 Å². The fourth-order valence-corrected chi connectivity index (χ4v) is 2.75. The van der Waals surface area contributed by atoms with Crippen LogP contribution in [0.1, 0.15) is 16.8 Å². The van der Waals surface area contributed by atoms with Crippen molar-refractivity contribution in [2.24, 2.45) is 0 Å². The van der Waals surface area contributed by atoms with Crippen molar-refractivity contribution in [3.63, 3.8) is 0 Å². The van der Waals surface area contributed by atoms with Crippen LogP contribution in [0, 0.1) is 20.8 Å². The maximum absolute atomic E-state index is 11.8. The molecule has 2 aromatic heterocycles. The van der Waals surface area contributed by atoms with Crippen LogP contribution < -0.4 is 10.3 Å². The zero-order valence-corrected chi connectivity index (χ0v) is 13.9. The number of aliphatic hydroxyl groups is 1. The smallest absolute Gasteiger partial charge is 0.275 e. The van der Waals surface area contributed by atoms with E-state index in [1.54, 1.807) is 11.5 Å². The summed E-state index contributed by atoms with van der Waals surface area (Å²) in [7, 11) is 0. The topological polar surface area (TPSA) is 81.7 Å². The first-order valence-electron chi connectivity index (χ1n) is 7.73. The maximum Gasteiger partial charge on any atom is 0.275 e.